The van der Waals surface area contributed by atoms with E-state index in [1.54, 1.807) is 18.2 Å². The first-order valence-electron chi connectivity index (χ1n) is 7.36. The number of hydrogen-bond acceptors (Lipinski definition) is 3. The van der Waals surface area contributed by atoms with E-state index in [2.05, 4.69) is 5.32 Å². The second-order valence-electron chi connectivity index (χ2n) is 5.26. The first-order chi connectivity index (χ1) is 9.99. The van der Waals surface area contributed by atoms with Crippen LogP contribution in [0, 0.1) is 5.41 Å². The highest BCUT2D eigenvalue weighted by molar-refractivity contribution is 5.92. The SMILES string of the molecule is CCC(CC)(CN)C(=O)NCCc1cccc(C(N)=O)c1. The Balaban J connectivity index is 2.59. The van der Waals surface area contributed by atoms with E-state index in [-0.39, 0.29) is 5.91 Å². The first-order valence-corrected chi connectivity index (χ1v) is 7.36. The molecule has 5 heteroatoms. The monoisotopic (exact) mass is 291 g/mol. The summed E-state index contributed by atoms with van der Waals surface area (Å²) in [7, 11) is 0. The summed E-state index contributed by atoms with van der Waals surface area (Å²) < 4.78 is 0. The van der Waals surface area contributed by atoms with Gasteiger partial charge in [0.05, 0.1) is 5.41 Å². The molecule has 1 aromatic rings. The average Bonchev–Trinajstić information content (AvgIpc) is 2.50. The summed E-state index contributed by atoms with van der Waals surface area (Å²) >= 11 is 0. The lowest BCUT2D eigenvalue weighted by Crippen LogP contribution is -2.45. The van der Waals surface area contributed by atoms with Crippen molar-refractivity contribution in [3.8, 4) is 0 Å². The van der Waals surface area contributed by atoms with Crippen LogP contribution >= 0.6 is 0 Å². The van der Waals surface area contributed by atoms with Crippen LogP contribution in [0.4, 0.5) is 0 Å². The molecule has 0 spiro atoms. The largest absolute Gasteiger partial charge is 0.366 e. The summed E-state index contributed by atoms with van der Waals surface area (Å²) in [4.78, 5) is 23.4. The third kappa shape index (κ3) is 4.29. The molecule has 116 valence electrons. The minimum Gasteiger partial charge on any atom is -0.366 e. The van der Waals surface area contributed by atoms with Crippen LogP contribution in [0.25, 0.3) is 0 Å². The van der Waals surface area contributed by atoms with E-state index < -0.39 is 11.3 Å². The molecule has 21 heavy (non-hydrogen) atoms. The summed E-state index contributed by atoms with van der Waals surface area (Å²) in [5.41, 5.74) is 12.0. The Kier molecular flexibility index (Phi) is 6.37. The van der Waals surface area contributed by atoms with Gasteiger partial charge in [0.25, 0.3) is 0 Å². The molecule has 0 saturated carbocycles. The van der Waals surface area contributed by atoms with Gasteiger partial charge in [-0.25, -0.2) is 0 Å². The maximum atomic E-state index is 12.3. The van der Waals surface area contributed by atoms with E-state index in [0.717, 1.165) is 18.4 Å². The lowest BCUT2D eigenvalue weighted by atomic mass is 9.81. The molecule has 0 heterocycles. The van der Waals surface area contributed by atoms with Crippen molar-refractivity contribution in [1.29, 1.82) is 0 Å². The van der Waals surface area contributed by atoms with Gasteiger partial charge in [-0.05, 0) is 37.0 Å². The predicted octanol–water partition coefficient (Wildman–Crippen LogP) is 1.21. The van der Waals surface area contributed by atoms with Crippen molar-refractivity contribution in [3.63, 3.8) is 0 Å². The predicted molar refractivity (Wildman–Crippen MR) is 83.7 cm³/mol. The Morgan fingerprint density at radius 2 is 1.90 bits per heavy atom. The van der Waals surface area contributed by atoms with Gasteiger partial charge < -0.3 is 16.8 Å². The lowest BCUT2D eigenvalue weighted by molar-refractivity contribution is -0.131. The minimum absolute atomic E-state index is 0.000978. The number of rotatable bonds is 8. The van der Waals surface area contributed by atoms with Crippen LogP contribution in [0.5, 0.6) is 0 Å². The van der Waals surface area contributed by atoms with Gasteiger partial charge in [-0.15, -0.1) is 0 Å². The number of nitrogens with two attached hydrogens (primary N) is 2. The molecule has 5 N–H and O–H groups in total. The maximum Gasteiger partial charge on any atom is 0.248 e. The highest BCUT2D eigenvalue weighted by Crippen LogP contribution is 2.24. The van der Waals surface area contributed by atoms with Crippen LogP contribution < -0.4 is 16.8 Å². The van der Waals surface area contributed by atoms with Crippen molar-refractivity contribution in [2.45, 2.75) is 33.1 Å². The van der Waals surface area contributed by atoms with Gasteiger partial charge >= 0.3 is 0 Å². The van der Waals surface area contributed by atoms with Crippen LogP contribution in [0.1, 0.15) is 42.6 Å². The van der Waals surface area contributed by atoms with Gasteiger partial charge in [0.15, 0.2) is 0 Å². The van der Waals surface area contributed by atoms with E-state index in [0.29, 0.717) is 25.1 Å². The number of benzene rings is 1. The second kappa shape index (κ2) is 7.78. The molecular weight excluding hydrogens is 266 g/mol. The number of carbonyl (C=O) groups is 2. The highest BCUT2D eigenvalue weighted by Gasteiger charge is 2.32. The normalized spacial score (nSPS) is 11.2. The van der Waals surface area contributed by atoms with Crippen molar-refractivity contribution in [2.24, 2.45) is 16.9 Å². The van der Waals surface area contributed by atoms with E-state index in [4.69, 9.17) is 11.5 Å². The van der Waals surface area contributed by atoms with Crippen molar-refractivity contribution in [2.75, 3.05) is 13.1 Å². The zero-order valence-corrected chi connectivity index (χ0v) is 12.8. The van der Waals surface area contributed by atoms with E-state index in [9.17, 15) is 9.59 Å². The average molecular weight is 291 g/mol. The molecule has 0 aromatic heterocycles. The van der Waals surface area contributed by atoms with Gasteiger partial charge in [-0.3, -0.25) is 9.59 Å². The molecule has 2 amide bonds. The molecule has 0 unspecified atom stereocenters. The number of hydrogen-bond donors (Lipinski definition) is 3. The number of nitrogens with one attached hydrogen (secondary N) is 1. The lowest BCUT2D eigenvalue weighted by Gasteiger charge is -2.28. The standard InChI is InChI=1S/C16H25N3O2/c1-3-16(4-2,11-17)15(21)19-9-8-12-6-5-7-13(10-12)14(18)20/h5-7,10H,3-4,8-9,11,17H2,1-2H3,(H2,18,20)(H,19,21). The maximum absolute atomic E-state index is 12.3. The zero-order chi connectivity index (χ0) is 15.9. The molecule has 0 fully saturated rings. The second-order valence-corrected chi connectivity index (χ2v) is 5.26. The first kappa shape index (κ1) is 17.2. The van der Waals surface area contributed by atoms with E-state index in [1.165, 1.54) is 0 Å². The Bertz CT molecular complexity index is 488. The molecule has 0 saturated heterocycles. The Morgan fingerprint density at radius 1 is 1.24 bits per heavy atom. The molecule has 0 aliphatic rings. The zero-order valence-electron chi connectivity index (χ0n) is 12.8. The molecule has 0 aliphatic carbocycles. The number of carbonyl (C=O) groups excluding carboxylic acids is 2. The Hall–Kier alpha value is -1.88. The molecule has 1 rings (SSSR count). The van der Waals surface area contributed by atoms with Crippen molar-refractivity contribution < 1.29 is 9.59 Å². The van der Waals surface area contributed by atoms with Crippen molar-refractivity contribution in [1.82, 2.24) is 5.32 Å². The van der Waals surface area contributed by atoms with Gasteiger partial charge in [-0.1, -0.05) is 26.0 Å². The third-order valence-corrected chi connectivity index (χ3v) is 4.14. The van der Waals surface area contributed by atoms with Crippen LogP contribution in [-0.2, 0) is 11.2 Å². The van der Waals surface area contributed by atoms with Gasteiger partial charge in [-0.2, -0.15) is 0 Å². The molecule has 0 radical (unpaired) electrons. The van der Waals surface area contributed by atoms with Crippen LogP contribution in [-0.4, -0.2) is 24.9 Å². The number of primary amides is 1. The molecule has 0 atom stereocenters. The quantitative estimate of drug-likeness (QED) is 0.671. The van der Waals surface area contributed by atoms with Gasteiger partial charge in [0.1, 0.15) is 0 Å². The summed E-state index contributed by atoms with van der Waals surface area (Å²) in [6, 6.07) is 7.14. The fourth-order valence-corrected chi connectivity index (χ4v) is 2.34. The summed E-state index contributed by atoms with van der Waals surface area (Å²) in [5.74, 6) is -0.443. The van der Waals surface area contributed by atoms with Crippen molar-refractivity contribution in [3.05, 3.63) is 35.4 Å². The fourth-order valence-electron chi connectivity index (χ4n) is 2.34. The summed E-state index contributed by atoms with van der Waals surface area (Å²) in [6.07, 6.45) is 2.10. The topological polar surface area (TPSA) is 98.2 Å². The van der Waals surface area contributed by atoms with Crippen LogP contribution in [0.15, 0.2) is 24.3 Å². The van der Waals surface area contributed by atoms with Gasteiger partial charge in [0.2, 0.25) is 11.8 Å². The Labute approximate surface area is 126 Å². The van der Waals surface area contributed by atoms with Crippen LogP contribution in [0.3, 0.4) is 0 Å². The fraction of sp³-hybridized carbons (Fsp3) is 0.500. The summed E-state index contributed by atoms with van der Waals surface area (Å²) in [6.45, 7) is 4.82. The van der Waals surface area contributed by atoms with Crippen LogP contribution in [0.2, 0.25) is 0 Å². The molecule has 0 bridgehead atoms. The van der Waals surface area contributed by atoms with Gasteiger partial charge in [0, 0.05) is 18.7 Å². The van der Waals surface area contributed by atoms with Crippen molar-refractivity contribution >= 4 is 11.8 Å². The molecule has 1 aromatic carbocycles. The molecule has 0 aliphatic heterocycles. The number of amides is 2. The smallest absolute Gasteiger partial charge is 0.248 e. The molecular formula is C16H25N3O2. The highest BCUT2D eigenvalue weighted by atomic mass is 16.2. The third-order valence-electron chi connectivity index (χ3n) is 4.14. The van der Waals surface area contributed by atoms with E-state index >= 15 is 0 Å². The molecule has 5 nitrogen and oxygen atoms in total. The summed E-state index contributed by atoms with van der Waals surface area (Å²) in [5, 5.41) is 2.94. The van der Waals surface area contributed by atoms with E-state index in [1.807, 2.05) is 19.9 Å². The minimum atomic E-state index is -0.477. The Morgan fingerprint density at radius 3 is 2.43 bits per heavy atom.